The fourth-order valence-electron chi connectivity index (χ4n) is 3.40. The van der Waals surface area contributed by atoms with Gasteiger partial charge in [-0.1, -0.05) is 48.0 Å². The Morgan fingerprint density at radius 2 is 1.77 bits per heavy atom. The summed E-state index contributed by atoms with van der Waals surface area (Å²) in [7, 11) is 0. The summed E-state index contributed by atoms with van der Waals surface area (Å²) in [6.07, 6.45) is -2.68. The van der Waals surface area contributed by atoms with Gasteiger partial charge in [-0.3, -0.25) is 4.79 Å². The number of amides is 1. The lowest BCUT2D eigenvalue weighted by atomic mass is 10.1. The number of hydrogen-bond donors (Lipinski definition) is 1. The van der Waals surface area contributed by atoms with Crippen molar-refractivity contribution in [3.63, 3.8) is 0 Å². The van der Waals surface area contributed by atoms with Gasteiger partial charge in [0, 0.05) is 16.8 Å². The van der Waals surface area contributed by atoms with E-state index < -0.39 is 6.43 Å². The lowest BCUT2D eigenvalue weighted by molar-refractivity contribution is -0.116. The molecule has 0 aliphatic heterocycles. The minimum atomic E-state index is -2.68. The van der Waals surface area contributed by atoms with Gasteiger partial charge in [0.15, 0.2) is 5.65 Å². The van der Waals surface area contributed by atoms with E-state index in [1.165, 1.54) is 10.7 Å². The topological polar surface area (TPSA) is 59.8 Å². The van der Waals surface area contributed by atoms with E-state index in [1.54, 1.807) is 31.2 Å². The van der Waals surface area contributed by atoms with Crippen LogP contribution >= 0.6 is 0 Å². The average molecular weight is 406 g/mol. The SMILES string of the molecule is Cc1ccc(NC(=O)Cn2nc(C)c3c(C(F)F)cc(-c4ccccc4)nc32)cc1. The van der Waals surface area contributed by atoms with Crippen molar-refractivity contribution in [2.24, 2.45) is 0 Å². The van der Waals surface area contributed by atoms with Crippen molar-refractivity contribution in [3.8, 4) is 11.3 Å². The summed E-state index contributed by atoms with van der Waals surface area (Å²) in [5.74, 6) is -0.311. The summed E-state index contributed by atoms with van der Waals surface area (Å²) in [5, 5.41) is 7.41. The monoisotopic (exact) mass is 406 g/mol. The fourth-order valence-corrected chi connectivity index (χ4v) is 3.40. The van der Waals surface area contributed by atoms with E-state index in [-0.39, 0.29) is 29.0 Å². The Morgan fingerprint density at radius 1 is 1.07 bits per heavy atom. The molecule has 0 unspecified atom stereocenters. The molecule has 7 heteroatoms. The zero-order valence-corrected chi connectivity index (χ0v) is 16.6. The standard InChI is InChI=1S/C23H20F2N4O/c1-14-8-10-17(11-9-14)26-20(30)13-29-23-21(15(2)28-29)18(22(24)25)12-19(27-23)16-6-4-3-5-7-16/h3-12,22H,13H2,1-2H3,(H,26,30). The Balaban J connectivity index is 1.73. The van der Waals surface area contributed by atoms with Crippen molar-refractivity contribution in [1.29, 1.82) is 0 Å². The number of hydrogen-bond acceptors (Lipinski definition) is 3. The number of benzene rings is 2. The van der Waals surface area contributed by atoms with Crippen LogP contribution in [0, 0.1) is 13.8 Å². The van der Waals surface area contributed by atoms with Crippen molar-refractivity contribution < 1.29 is 13.6 Å². The number of aryl methyl sites for hydroxylation is 2. The van der Waals surface area contributed by atoms with Crippen LogP contribution in [0.5, 0.6) is 0 Å². The smallest absolute Gasteiger partial charge is 0.264 e. The van der Waals surface area contributed by atoms with Gasteiger partial charge in [-0.25, -0.2) is 18.4 Å². The molecule has 2 aromatic carbocycles. The second-order valence-corrected chi connectivity index (χ2v) is 7.12. The quantitative estimate of drug-likeness (QED) is 0.490. The summed E-state index contributed by atoms with van der Waals surface area (Å²) in [6.45, 7) is 3.47. The number of carbonyl (C=O) groups excluding carboxylic acids is 1. The highest BCUT2D eigenvalue weighted by Crippen LogP contribution is 2.33. The molecule has 0 spiro atoms. The molecule has 0 saturated carbocycles. The zero-order chi connectivity index (χ0) is 21.3. The molecular formula is C23H20F2N4O. The van der Waals surface area contributed by atoms with Gasteiger partial charge in [-0.2, -0.15) is 5.10 Å². The number of rotatable bonds is 5. The molecule has 30 heavy (non-hydrogen) atoms. The van der Waals surface area contributed by atoms with Gasteiger partial charge in [0.25, 0.3) is 6.43 Å². The number of nitrogens with zero attached hydrogens (tertiary/aromatic N) is 3. The average Bonchev–Trinajstić information content (AvgIpc) is 3.05. The molecule has 0 aliphatic carbocycles. The Morgan fingerprint density at radius 3 is 2.43 bits per heavy atom. The van der Waals surface area contributed by atoms with E-state index in [4.69, 9.17) is 0 Å². The van der Waals surface area contributed by atoms with E-state index >= 15 is 0 Å². The maximum absolute atomic E-state index is 13.8. The highest BCUT2D eigenvalue weighted by molar-refractivity contribution is 5.92. The van der Waals surface area contributed by atoms with Gasteiger partial charge in [0.05, 0.1) is 16.8 Å². The molecule has 2 aromatic heterocycles. The molecule has 4 rings (SSSR count). The van der Waals surface area contributed by atoms with Crippen LogP contribution in [0.25, 0.3) is 22.3 Å². The van der Waals surface area contributed by atoms with Crippen LogP contribution in [-0.2, 0) is 11.3 Å². The van der Waals surface area contributed by atoms with Gasteiger partial charge in [-0.05, 0) is 32.0 Å². The van der Waals surface area contributed by atoms with Crippen LogP contribution in [0.1, 0.15) is 23.2 Å². The fraction of sp³-hybridized carbons (Fsp3) is 0.174. The number of aromatic nitrogens is 3. The molecule has 1 amide bonds. The second-order valence-electron chi connectivity index (χ2n) is 7.12. The van der Waals surface area contributed by atoms with Crippen molar-refractivity contribution >= 4 is 22.6 Å². The van der Waals surface area contributed by atoms with E-state index in [2.05, 4.69) is 15.4 Å². The third-order valence-electron chi connectivity index (χ3n) is 4.84. The molecule has 0 saturated heterocycles. The molecule has 0 bridgehead atoms. The van der Waals surface area contributed by atoms with E-state index in [0.29, 0.717) is 17.1 Å². The number of fused-ring (bicyclic) bond motifs is 1. The van der Waals surface area contributed by atoms with Gasteiger partial charge >= 0.3 is 0 Å². The minimum absolute atomic E-state index is 0.133. The molecule has 152 valence electrons. The molecule has 0 radical (unpaired) electrons. The number of nitrogens with one attached hydrogen (secondary N) is 1. The predicted octanol–water partition coefficient (Wildman–Crippen LogP) is 5.29. The summed E-state index contributed by atoms with van der Waals surface area (Å²) in [4.78, 5) is 17.1. The van der Waals surface area contributed by atoms with E-state index in [1.807, 2.05) is 37.3 Å². The molecule has 1 N–H and O–H groups in total. The summed E-state index contributed by atoms with van der Waals surface area (Å²) in [5.41, 5.74) is 3.42. The molecule has 0 atom stereocenters. The van der Waals surface area contributed by atoms with Gasteiger partial charge in [-0.15, -0.1) is 0 Å². The maximum atomic E-state index is 13.8. The third kappa shape index (κ3) is 3.91. The largest absolute Gasteiger partial charge is 0.324 e. The normalized spacial score (nSPS) is 11.2. The molecule has 2 heterocycles. The van der Waals surface area contributed by atoms with E-state index in [9.17, 15) is 13.6 Å². The number of carbonyl (C=O) groups is 1. The van der Waals surface area contributed by atoms with Gasteiger partial charge in [0.2, 0.25) is 5.91 Å². The summed E-state index contributed by atoms with van der Waals surface area (Å²) >= 11 is 0. The first kappa shape index (κ1) is 19.7. The zero-order valence-electron chi connectivity index (χ0n) is 16.6. The predicted molar refractivity (Wildman–Crippen MR) is 112 cm³/mol. The van der Waals surface area contributed by atoms with Crippen LogP contribution in [0.15, 0.2) is 60.7 Å². The van der Waals surface area contributed by atoms with Crippen molar-refractivity contribution in [2.75, 3.05) is 5.32 Å². The third-order valence-corrected chi connectivity index (χ3v) is 4.84. The Labute approximate surface area is 172 Å². The highest BCUT2D eigenvalue weighted by Gasteiger charge is 2.22. The number of halogens is 2. The highest BCUT2D eigenvalue weighted by atomic mass is 19.3. The van der Waals surface area contributed by atoms with Crippen molar-refractivity contribution in [2.45, 2.75) is 26.8 Å². The number of alkyl halides is 2. The Bertz CT molecular complexity index is 1200. The molecule has 0 fully saturated rings. The molecule has 5 nitrogen and oxygen atoms in total. The molecular weight excluding hydrogens is 386 g/mol. The maximum Gasteiger partial charge on any atom is 0.264 e. The van der Waals surface area contributed by atoms with Crippen LogP contribution in [-0.4, -0.2) is 20.7 Å². The van der Waals surface area contributed by atoms with Crippen LogP contribution < -0.4 is 5.32 Å². The van der Waals surface area contributed by atoms with Gasteiger partial charge < -0.3 is 5.32 Å². The van der Waals surface area contributed by atoms with E-state index in [0.717, 1.165) is 11.1 Å². The second kappa shape index (κ2) is 8.02. The molecule has 4 aromatic rings. The minimum Gasteiger partial charge on any atom is -0.324 e. The first-order valence-corrected chi connectivity index (χ1v) is 9.50. The number of anilines is 1. The Kier molecular flexibility index (Phi) is 5.27. The van der Waals surface area contributed by atoms with Crippen molar-refractivity contribution in [1.82, 2.24) is 14.8 Å². The summed E-state index contributed by atoms with van der Waals surface area (Å²) in [6, 6.07) is 17.9. The summed E-state index contributed by atoms with van der Waals surface area (Å²) < 4.78 is 29.0. The van der Waals surface area contributed by atoms with Crippen molar-refractivity contribution in [3.05, 3.63) is 77.5 Å². The lowest BCUT2D eigenvalue weighted by Crippen LogP contribution is -2.19. The first-order valence-electron chi connectivity index (χ1n) is 9.50. The Hall–Kier alpha value is -3.61. The van der Waals surface area contributed by atoms with Crippen LogP contribution in [0.4, 0.5) is 14.5 Å². The van der Waals surface area contributed by atoms with Gasteiger partial charge in [0.1, 0.15) is 6.54 Å². The molecule has 0 aliphatic rings. The van der Waals surface area contributed by atoms with Crippen LogP contribution in [0.3, 0.4) is 0 Å². The van der Waals surface area contributed by atoms with Crippen LogP contribution in [0.2, 0.25) is 0 Å². The lowest BCUT2D eigenvalue weighted by Gasteiger charge is -2.09. The first-order chi connectivity index (χ1) is 14.4. The number of pyridine rings is 1.